The average molecular weight is 544 g/mol. The van der Waals surface area contributed by atoms with Crippen LogP contribution in [0.15, 0.2) is 53.7 Å². The zero-order valence-corrected chi connectivity index (χ0v) is 21.0. The summed E-state index contributed by atoms with van der Waals surface area (Å²) in [6.45, 7) is 4.64. The Balaban J connectivity index is 1.60. The van der Waals surface area contributed by atoms with E-state index in [9.17, 15) is 22.4 Å². The first kappa shape index (κ1) is 25.0. The van der Waals surface area contributed by atoms with Crippen molar-refractivity contribution in [3.63, 3.8) is 0 Å². The molecule has 39 heavy (non-hydrogen) atoms. The molecular weight excluding hydrogens is 521 g/mol. The molecule has 6 rings (SSSR count). The van der Waals surface area contributed by atoms with Crippen molar-refractivity contribution < 1.29 is 22.0 Å². The van der Waals surface area contributed by atoms with E-state index in [0.29, 0.717) is 30.4 Å². The van der Waals surface area contributed by atoms with Gasteiger partial charge in [-0.1, -0.05) is 0 Å². The Morgan fingerprint density at radius 2 is 1.79 bits per heavy atom. The van der Waals surface area contributed by atoms with Crippen LogP contribution in [0.4, 0.5) is 22.0 Å². The molecule has 0 amide bonds. The van der Waals surface area contributed by atoms with Gasteiger partial charge in [0, 0.05) is 31.5 Å². The second-order valence-electron chi connectivity index (χ2n) is 9.93. The van der Waals surface area contributed by atoms with Crippen molar-refractivity contribution in [2.24, 2.45) is 7.05 Å². The summed E-state index contributed by atoms with van der Waals surface area (Å²) in [5.41, 5.74) is -1.48. The summed E-state index contributed by atoms with van der Waals surface area (Å²) >= 11 is 0. The van der Waals surface area contributed by atoms with Gasteiger partial charge < -0.3 is 5.32 Å². The van der Waals surface area contributed by atoms with E-state index in [1.807, 2.05) is 13.8 Å². The lowest BCUT2D eigenvalue weighted by Crippen LogP contribution is -2.46. The highest BCUT2D eigenvalue weighted by atomic mass is 19.4. The Morgan fingerprint density at radius 1 is 1.05 bits per heavy atom. The molecule has 1 aliphatic rings. The summed E-state index contributed by atoms with van der Waals surface area (Å²) in [6, 6.07) is 5.71. The maximum absolute atomic E-state index is 15.4. The van der Waals surface area contributed by atoms with E-state index in [4.69, 9.17) is 0 Å². The third kappa shape index (κ3) is 3.79. The molecule has 0 aliphatic carbocycles. The van der Waals surface area contributed by atoms with Crippen LogP contribution < -0.4 is 11.0 Å². The van der Waals surface area contributed by atoms with Crippen LogP contribution in [0.25, 0.3) is 33.5 Å². The fourth-order valence-electron chi connectivity index (χ4n) is 5.20. The zero-order chi connectivity index (χ0) is 27.9. The highest BCUT2D eigenvalue weighted by molar-refractivity contribution is 5.82. The van der Waals surface area contributed by atoms with E-state index in [-0.39, 0.29) is 28.0 Å². The van der Waals surface area contributed by atoms with Crippen molar-refractivity contribution in [1.29, 1.82) is 0 Å². The number of aryl methyl sites for hydroxylation is 1. The first-order valence-corrected chi connectivity index (χ1v) is 12.0. The predicted octanol–water partition coefficient (Wildman–Crippen LogP) is 4.51. The number of imidazole rings is 1. The largest absolute Gasteiger partial charge is 0.419 e. The van der Waals surface area contributed by atoms with Crippen molar-refractivity contribution in [3.05, 3.63) is 82.3 Å². The van der Waals surface area contributed by atoms with Gasteiger partial charge in [0.05, 0.1) is 46.1 Å². The quantitative estimate of drug-likeness (QED) is 0.340. The molecule has 0 spiro atoms. The zero-order valence-electron chi connectivity index (χ0n) is 21.0. The van der Waals surface area contributed by atoms with Gasteiger partial charge in [0.25, 0.3) is 0 Å². The second-order valence-corrected chi connectivity index (χ2v) is 9.93. The van der Waals surface area contributed by atoms with Gasteiger partial charge in [-0.15, -0.1) is 0 Å². The summed E-state index contributed by atoms with van der Waals surface area (Å²) in [6.07, 6.45) is -0.770. The summed E-state index contributed by atoms with van der Waals surface area (Å²) < 4.78 is 75.7. The number of aromatic nitrogens is 6. The molecule has 0 unspecified atom stereocenters. The summed E-state index contributed by atoms with van der Waals surface area (Å²) in [7, 11) is 1.67. The fourth-order valence-corrected chi connectivity index (χ4v) is 5.20. The standard InChI is InChI=1S/C26H22F5N7O/c1-25(2)23-22(21(34-38(23)9-8-32-25)14-4-5-17(27)16(12-14)26(29,30)31)37-11-10-36(24(37)39)19-7-6-18-15(20(19)28)13-33-35(18)3/h4-7,10-13,32H,8-9H2,1-3H3. The molecule has 0 atom stereocenters. The molecule has 5 aromatic rings. The molecule has 8 nitrogen and oxygen atoms in total. The minimum absolute atomic E-state index is 0.0136. The van der Waals surface area contributed by atoms with Gasteiger partial charge in [-0.3, -0.25) is 18.5 Å². The van der Waals surface area contributed by atoms with Gasteiger partial charge in [0.1, 0.15) is 17.2 Å². The predicted molar refractivity (Wildman–Crippen MR) is 133 cm³/mol. The number of nitrogens with one attached hydrogen (secondary N) is 1. The molecule has 0 bridgehead atoms. The molecular formula is C26H22F5N7O. The van der Waals surface area contributed by atoms with Crippen molar-refractivity contribution >= 4 is 10.9 Å². The van der Waals surface area contributed by atoms with E-state index < -0.39 is 34.6 Å². The van der Waals surface area contributed by atoms with Gasteiger partial charge in [-0.2, -0.15) is 23.4 Å². The molecule has 202 valence electrons. The van der Waals surface area contributed by atoms with Crippen LogP contribution in [-0.4, -0.2) is 35.2 Å². The first-order valence-electron chi connectivity index (χ1n) is 12.0. The third-order valence-corrected chi connectivity index (χ3v) is 7.08. The van der Waals surface area contributed by atoms with Crippen LogP contribution in [0.1, 0.15) is 25.1 Å². The molecule has 3 aromatic heterocycles. The number of halogens is 5. The van der Waals surface area contributed by atoms with Gasteiger partial charge in [0.15, 0.2) is 5.82 Å². The lowest BCUT2D eigenvalue weighted by atomic mass is 9.95. The second kappa shape index (κ2) is 8.37. The summed E-state index contributed by atoms with van der Waals surface area (Å²) in [4.78, 5) is 13.8. The van der Waals surface area contributed by atoms with E-state index >= 15 is 4.39 Å². The van der Waals surface area contributed by atoms with Crippen molar-refractivity contribution in [2.75, 3.05) is 6.54 Å². The highest BCUT2D eigenvalue weighted by Crippen LogP contribution is 2.39. The van der Waals surface area contributed by atoms with Crippen LogP contribution in [0.2, 0.25) is 0 Å². The van der Waals surface area contributed by atoms with E-state index in [2.05, 4.69) is 15.5 Å². The first-order chi connectivity index (χ1) is 18.4. The number of rotatable bonds is 3. The van der Waals surface area contributed by atoms with Crippen LogP contribution in [0.5, 0.6) is 0 Å². The van der Waals surface area contributed by atoms with Crippen molar-refractivity contribution in [2.45, 2.75) is 32.1 Å². The molecule has 0 saturated carbocycles. The van der Waals surface area contributed by atoms with E-state index in [1.54, 1.807) is 17.8 Å². The van der Waals surface area contributed by atoms with Gasteiger partial charge in [0.2, 0.25) is 0 Å². The monoisotopic (exact) mass is 543 g/mol. The van der Waals surface area contributed by atoms with Gasteiger partial charge >= 0.3 is 11.9 Å². The Kier molecular flexibility index (Phi) is 5.37. The lowest BCUT2D eigenvalue weighted by Gasteiger charge is -2.33. The van der Waals surface area contributed by atoms with E-state index in [1.165, 1.54) is 40.0 Å². The number of hydrogen-bond acceptors (Lipinski definition) is 4. The van der Waals surface area contributed by atoms with Crippen LogP contribution in [-0.2, 0) is 25.3 Å². The molecule has 0 saturated heterocycles. The minimum atomic E-state index is -4.93. The Labute approximate surface area is 217 Å². The number of hydrogen-bond donors (Lipinski definition) is 1. The Bertz CT molecular complexity index is 1820. The molecule has 4 heterocycles. The number of fused-ring (bicyclic) bond motifs is 2. The molecule has 1 N–H and O–H groups in total. The highest BCUT2D eigenvalue weighted by Gasteiger charge is 2.38. The number of nitrogens with zero attached hydrogens (tertiary/aromatic N) is 6. The van der Waals surface area contributed by atoms with Crippen molar-refractivity contribution in [3.8, 4) is 22.6 Å². The molecule has 0 fully saturated rings. The molecule has 1 aliphatic heterocycles. The number of benzene rings is 2. The number of alkyl halides is 3. The van der Waals surface area contributed by atoms with Crippen LogP contribution >= 0.6 is 0 Å². The smallest absolute Gasteiger partial charge is 0.305 e. The summed E-state index contributed by atoms with van der Waals surface area (Å²) in [5, 5.41) is 12.2. The molecule has 13 heteroatoms. The summed E-state index contributed by atoms with van der Waals surface area (Å²) in [5.74, 6) is -2.06. The molecule has 0 radical (unpaired) electrons. The lowest BCUT2D eigenvalue weighted by molar-refractivity contribution is -0.139. The minimum Gasteiger partial charge on any atom is -0.305 e. The third-order valence-electron chi connectivity index (χ3n) is 7.08. The Hall–Kier alpha value is -4.26. The van der Waals surface area contributed by atoms with E-state index in [0.717, 1.165) is 10.6 Å². The maximum atomic E-state index is 15.4. The fraction of sp³-hybridized carbons (Fsp3) is 0.269. The SMILES string of the molecule is Cn1ncc2c(F)c(-n3ccn(-c4c(-c5ccc(F)c(C(F)(F)F)c5)nn5c4C(C)(C)NCC5)c3=O)ccc21. The van der Waals surface area contributed by atoms with Gasteiger partial charge in [-0.25, -0.2) is 13.6 Å². The topological polar surface area (TPSA) is 74.6 Å². The maximum Gasteiger partial charge on any atom is 0.419 e. The molecule has 2 aromatic carbocycles. The van der Waals surface area contributed by atoms with Crippen molar-refractivity contribution in [1.82, 2.24) is 34.0 Å². The van der Waals surface area contributed by atoms with Crippen LogP contribution in [0, 0.1) is 11.6 Å². The Morgan fingerprint density at radius 3 is 2.54 bits per heavy atom. The van der Waals surface area contributed by atoms with Gasteiger partial charge in [-0.05, 0) is 44.2 Å². The average Bonchev–Trinajstić information content (AvgIpc) is 3.55. The normalized spacial score (nSPS) is 15.2. The van der Waals surface area contributed by atoms with Crippen LogP contribution in [0.3, 0.4) is 0 Å².